The van der Waals surface area contributed by atoms with Gasteiger partial charge < -0.3 is 10.0 Å². The number of hydrogen-bond acceptors (Lipinski definition) is 3. The average Bonchev–Trinajstić information content (AvgIpc) is 2.79. The van der Waals surface area contributed by atoms with Crippen LogP contribution >= 0.6 is 11.3 Å². The van der Waals surface area contributed by atoms with Gasteiger partial charge in [-0.25, -0.2) is 0 Å². The van der Waals surface area contributed by atoms with Gasteiger partial charge in [0.2, 0.25) is 0 Å². The Balaban J connectivity index is 1.74. The van der Waals surface area contributed by atoms with Gasteiger partial charge in [-0.1, -0.05) is 0 Å². The van der Waals surface area contributed by atoms with Crippen LogP contribution in [0.3, 0.4) is 0 Å². The molecular formula is C14H21NOS. The summed E-state index contributed by atoms with van der Waals surface area (Å²) in [6.07, 6.45) is 4.75. The van der Waals surface area contributed by atoms with Crippen LogP contribution in [-0.4, -0.2) is 29.1 Å². The van der Waals surface area contributed by atoms with Crippen molar-refractivity contribution in [3.05, 3.63) is 21.9 Å². The highest BCUT2D eigenvalue weighted by Gasteiger charge is 2.40. The zero-order valence-corrected chi connectivity index (χ0v) is 11.4. The lowest BCUT2D eigenvalue weighted by Crippen LogP contribution is -2.41. The third kappa shape index (κ3) is 2.05. The number of aliphatic hydroxyl groups is 1. The Hall–Kier alpha value is -0.380. The van der Waals surface area contributed by atoms with Crippen molar-refractivity contribution in [3.63, 3.8) is 0 Å². The molecule has 17 heavy (non-hydrogen) atoms. The fourth-order valence-corrected chi connectivity index (χ4v) is 4.34. The van der Waals surface area contributed by atoms with Gasteiger partial charge in [0.25, 0.3) is 0 Å². The molecule has 0 aromatic carbocycles. The third-order valence-electron chi connectivity index (χ3n) is 4.67. The minimum atomic E-state index is -0.239. The molecule has 0 saturated carbocycles. The summed E-state index contributed by atoms with van der Waals surface area (Å²) in [4.78, 5) is 3.83. The second kappa shape index (κ2) is 4.38. The summed E-state index contributed by atoms with van der Waals surface area (Å²) in [5.41, 5.74) is 1.14. The second-order valence-corrected chi connectivity index (χ2v) is 6.83. The van der Waals surface area contributed by atoms with Gasteiger partial charge in [0, 0.05) is 17.0 Å². The van der Waals surface area contributed by atoms with Crippen LogP contribution in [0, 0.1) is 12.8 Å². The first-order chi connectivity index (χ1) is 8.15. The lowest BCUT2D eigenvalue weighted by molar-refractivity contribution is 0.0358. The quantitative estimate of drug-likeness (QED) is 0.873. The summed E-state index contributed by atoms with van der Waals surface area (Å²) >= 11 is 1.74. The first-order valence-corrected chi connectivity index (χ1v) is 7.48. The van der Waals surface area contributed by atoms with Crippen LogP contribution in [-0.2, 0) is 0 Å². The second-order valence-electron chi connectivity index (χ2n) is 5.72. The standard InChI is InChI=1S/C14H21NOS/c1-9-5-11(8-17-9)14(16)10-6-12-3-4-13(7-10)15(12)2/h5,8,10,12-14,16H,3-4,6-7H2,1-2H3. The summed E-state index contributed by atoms with van der Waals surface area (Å²) in [5, 5.41) is 12.6. The lowest BCUT2D eigenvalue weighted by Gasteiger charge is -2.38. The summed E-state index contributed by atoms with van der Waals surface area (Å²) in [5.74, 6) is 0.470. The van der Waals surface area contributed by atoms with Crippen molar-refractivity contribution < 1.29 is 5.11 Å². The number of fused-ring (bicyclic) bond motifs is 2. The highest BCUT2D eigenvalue weighted by molar-refractivity contribution is 7.10. The highest BCUT2D eigenvalue weighted by atomic mass is 32.1. The molecule has 3 atom stereocenters. The molecule has 2 aliphatic rings. The molecule has 3 unspecified atom stereocenters. The summed E-state index contributed by atoms with van der Waals surface area (Å²) < 4.78 is 0. The number of rotatable bonds is 2. The molecule has 0 spiro atoms. The molecule has 1 N–H and O–H groups in total. The summed E-state index contributed by atoms with van der Waals surface area (Å²) in [6.45, 7) is 2.11. The van der Waals surface area contributed by atoms with E-state index in [1.54, 1.807) is 11.3 Å². The minimum absolute atomic E-state index is 0.239. The maximum Gasteiger partial charge on any atom is 0.0827 e. The van der Waals surface area contributed by atoms with Crippen molar-refractivity contribution in [1.29, 1.82) is 0 Å². The Morgan fingerprint density at radius 1 is 1.35 bits per heavy atom. The maximum absolute atomic E-state index is 10.5. The van der Waals surface area contributed by atoms with E-state index >= 15 is 0 Å². The van der Waals surface area contributed by atoms with Crippen molar-refractivity contribution >= 4 is 11.3 Å². The molecular weight excluding hydrogens is 230 g/mol. The van der Waals surface area contributed by atoms with Crippen LogP contribution < -0.4 is 0 Å². The van der Waals surface area contributed by atoms with Crippen LogP contribution in [0.4, 0.5) is 0 Å². The predicted molar refractivity (Wildman–Crippen MR) is 71.3 cm³/mol. The van der Waals surface area contributed by atoms with Gasteiger partial charge in [-0.15, -0.1) is 11.3 Å². The molecule has 2 bridgehead atoms. The van der Waals surface area contributed by atoms with Crippen molar-refractivity contribution in [2.24, 2.45) is 5.92 Å². The highest BCUT2D eigenvalue weighted by Crippen LogP contribution is 2.42. The largest absolute Gasteiger partial charge is 0.388 e. The zero-order chi connectivity index (χ0) is 12.0. The molecule has 1 aromatic rings. The summed E-state index contributed by atoms with van der Waals surface area (Å²) in [7, 11) is 2.25. The van der Waals surface area contributed by atoms with Gasteiger partial charge >= 0.3 is 0 Å². The molecule has 2 saturated heterocycles. The Morgan fingerprint density at radius 3 is 2.53 bits per heavy atom. The van der Waals surface area contributed by atoms with Gasteiger partial charge in [0.15, 0.2) is 0 Å². The lowest BCUT2D eigenvalue weighted by atomic mass is 9.84. The smallest absolute Gasteiger partial charge is 0.0827 e. The van der Waals surface area contributed by atoms with Crippen molar-refractivity contribution in [3.8, 4) is 0 Å². The Bertz CT molecular complexity index is 389. The Labute approximate surface area is 107 Å². The van der Waals surface area contributed by atoms with Gasteiger partial charge in [0.05, 0.1) is 6.10 Å². The molecule has 1 aromatic heterocycles. The van der Waals surface area contributed by atoms with Gasteiger partial charge in [-0.2, -0.15) is 0 Å². The molecule has 2 fully saturated rings. The number of hydrogen-bond donors (Lipinski definition) is 1. The van der Waals surface area contributed by atoms with Crippen LogP contribution in [0.15, 0.2) is 11.4 Å². The van der Waals surface area contributed by atoms with Gasteiger partial charge in [-0.05, 0) is 62.6 Å². The number of piperidine rings is 1. The van der Waals surface area contributed by atoms with Crippen LogP contribution in [0.2, 0.25) is 0 Å². The number of nitrogens with zero attached hydrogens (tertiary/aromatic N) is 1. The van der Waals surface area contributed by atoms with E-state index in [1.807, 2.05) is 0 Å². The molecule has 0 aliphatic carbocycles. The Kier molecular flexibility index (Phi) is 3.01. The van der Waals surface area contributed by atoms with Crippen LogP contribution in [0.5, 0.6) is 0 Å². The Morgan fingerprint density at radius 2 is 2.00 bits per heavy atom. The van der Waals surface area contributed by atoms with E-state index in [1.165, 1.54) is 30.6 Å². The van der Waals surface area contributed by atoms with E-state index in [2.05, 4.69) is 30.3 Å². The maximum atomic E-state index is 10.5. The summed E-state index contributed by atoms with van der Waals surface area (Å²) in [6, 6.07) is 3.58. The first kappa shape index (κ1) is 11.7. The normalized spacial score (nSPS) is 35.1. The molecule has 3 heteroatoms. The van der Waals surface area contributed by atoms with E-state index in [-0.39, 0.29) is 6.10 Å². The van der Waals surface area contributed by atoms with E-state index < -0.39 is 0 Å². The predicted octanol–water partition coefficient (Wildman–Crippen LogP) is 2.96. The fourth-order valence-electron chi connectivity index (χ4n) is 3.60. The zero-order valence-electron chi connectivity index (χ0n) is 10.6. The molecule has 94 valence electrons. The molecule has 2 aliphatic heterocycles. The molecule has 2 nitrogen and oxygen atoms in total. The van der Waals surface area contributed by atoms with Gasteiger partial charge in [0.1, 0.15) is 0 Å². The molecule has 3 heterocycles. The van der Waals surface area contributed by atoms with Crippen LogP contribution in [0.1, 0.15) is 42.2 Å². The van der Waals surface area contributed by atoms with E-state index in [9.17, 15) is 5.11 Å². The molecule has 0 amide bonds. The number of aryl methyl sites for hydroxylation is 1. The molecule has 0 radical (unpaired) electrons. The van der Waals surface area contributed by atoms with Crippen LogP contribution in [0.25, 0.3) is 0 Å². The van der Waals surface area contributed by atoms with E-state index in [0.717, 1.165) is 5.56 Å². The monoisotopic (exact) mass is 251 g/mol. The van der Waals surface area contributed by atoms with E-state index in [0.29, 0.717) is 18.0 Å². The van der Waals surface area contributed by atoms with E-state index in [4.69, 9.17) is 0 Å². The topological polar surface area (TPSA) is 23.5 Å². The minimum Gasteiger partial charge on any atom is -0.388 e. The molecule has 3 rings (SSSR count). The number of thiophene rings is 1. The van der Waals surface area contributed by atoms with Crippen molar-refractivity contribution in [1.82, 2.24) is 4.90 Å². The third-order valence-corrected chi connectivity index (χ3v) is 5.55. The van der Waals surface area contributed by atoms with Gasteiger partial charge in [-0.3, -0.25) is 0 Å². The number of aliphatic hydroxyl groups excluding tert-OH is 1. The average molecular weight is 251 g/mol. The SMILES string of the molecule is Cc1cc(C(O)C2CC3CCC(C2)N3C)cs1. The van der Waals surface area contributed by atoms with Crippen molar-refractivity contribution in [2.45, 2.75) is 50.8 Å². The van der Waals surface area contributed by atoms with Crippen molar-refractivity contribution in [2.75, 3.05) is 7.05 Å². The first-order valence-electron chi connectivity index (χ1n) is 6.60. The fraction of sp³-hybridized carbons (Fsp3) is 0.714.